The Hall–Kier alpha value is -3.16. The van der Waals surface area contributed by atoms with Crippen LogP contribution in [0.5, 0.6) is 11.8 Å². The number of likely N-dealkylation sites (tertiary alicyclic amines) is 1. The molecule has 1 aromatic heterocycles. The van der Waals surface area contributed by atoms with Crippen LogP contribution in [0, 0.1) is 5.92 Å². The lowest BCUT2D eigenvalue weighted by Crippen LogP contribution is -2.47. The van der Waals surface area contributed by atoms with Gasteiger partial charge < -0.3 is 19.3 Å². The van der Waals surface area contributed by atoms with Gasteiger partial charge in [0.2, 0.25) is 11.8 Å². The molecule has 0 aliphatic carbocycles. The molecular formula is C21H24N4O4. The quantitative estimate of drug-likeness (QED) is 0.768. The van der Waals surface area contributed by atoms with Crippen molar-refractivity contribution in [1.29, 1.82) is 0 Å². The first-order valence-electron chi connectivity index (χ1n) is 9.81. The van der Waals surface area contributed by atoms with Crippen molar-refractivity contribution in [1.82, 2.24) is 14.9 Å². The predicted octanol–water partition coefficient (Wildman–Crippen LogP) is 1.91. The number of methoxy groups -OCH3 is 1. The van der Waals surface area contributed by atoms with Gasteiger partial charge in [-0.1, -0.05) is 18.2 Å². The zero-order chi connectivity index (χ0) is 20.2. The number of hydrogen-bond acceptors (Lipinski definition) is 6. The van der Waals surface area contributed by atoms with Gasteiger partial charge in [-0.3, -0.25) is 9.59 Å². The Morgan fingerprint density at radius 2 is 1.86 bits per heavy atom. The second kappa shape index (κ2) is 8.46. The summed E-state index contributed by atoms with van der Waals surface area (Å²) in [6.45, 7) is 1.56. The second-order valence-electron chi connectivity index (χ2n) is 7.28. The van der Waals surface area contributed by atoms with Crippen LogP contribution in [0.1, 0.15) is 19.3 Å². The molecule has 2 fully saturated rings. The van der Waals surface area contributed by atoms with Gasteiger partial charge >= 0.3 is 0 Å². The highest BCUT2D eigenvalue weighted by Gasteiger charge is 2.38. The van der Waals surface area contributed by atoms with Crippen molar-refractivity contribution >= 4 is 17.5 Å². The summed E-state index contributed by atoms with van der Waals surface area (Å²) in [6.07, 6.45) is 4.81. The van der Waals surface area contributed by atoms with Crippen molar-refractivity contribution in [2.45, 2.75) is 25.4 Å². The van der Waals surface area contributed by atoms with Gasteiger partial charge in [0.25, 0.3) is 11.8 Å². The largest absolute Gasteiger partial charge is 0.477 e. The monoisotopic (exact) mass is 396 g/mol. The van der Waals surface area contributed by atoms with Gasteiger partial charge in [-0.15, -0.1) is 0 Å². The molecule has 2 amide bonds. The first-order chi connectivity index (χ1) is 14.2. The molecule has 3 heterocycles. The number of amides is 2. The Bertz CT molecular complexity index is 876. The smallest absolute Gasteiger partial charge is 0.278 e. The zero-order valence-electron chi connectivity index (χ0n) is 16.4. The normalized spacial score (nSPS) is 21.9. The summed E-state index contributed by atoms with van der Waals surface area (Å²) in [7, 11) is 1.52. The Balaban J connectivity index is 1.39. The lowest BCUT2D eigenvalue weighted by Gasteiger charge is -2.34. The van der Waals surface area contributed by atoms with E-state index in [1.807, 2.05) is 35.2 Å². The van der Waals surface area contributed by atoms with Crippen LogP contribution in [0.2, 0.25) is 0 Å². The maximum absolute atomic E-state index is 13.1. The summed E-state index contributed by atoms with van der Waals surface area (Å²) >= 11 is 0. The third-order valence-electron chi connectivity index (χ3n) is 5.34. The summed E-state index contributed by atoms with van der Waals surface area (Å²) in [6, 6.07) is 9.48. The number of ether oxygens (including phenoxy) is 2. The summed E-state index contributed by atoms with van der Waals surface area (Å²) in [5.74, 6) is 0.337. The van der Waals surface area contributed by atoms with Crippen LogP contribution >= 0.6 is 0 Å². The number of carbonyl (C=O) groups is 2. The summed E-state index contributed by atoms with van der Waals surface area (Å²) in [4.78, 5) is 37.3. The molecule has 8 nitrogen and oxygen atoms in total. The molecule has 152 valence electrons. The minimum absolute atomic E-state index is 0.0104. The highest BCUT2D eigenvalue weighted by Crippen LogP contribution is 2.28. The molecule has 2 saturated heterocycles. The maximum Gasteiger partial charge on any atom is 0.278 e. The predicted molar refractivity (Wildman–Crippen MR) is 106 cm³/mol. The molecule has 8 heteroatoms. The fourth-order valence-corrected chi connectivity index (χ4v) is 3.91. The number of anilines is 1. The molecule has 2 aromatic rings. The van der Waals surface area contributed by atoms with Crippen molar-refractivity contribution in [3.05, 3.63) is 42.7 Å². The van der Waals surface area contributed by atoms with Crippen LogP contribution in [0.15, 0.2) is 42.7 Å². The van der Waals surface area contributed by atoms with Crippen LogP contribution in [0.4, 0.5) is 5.69 Å². The molecule has 4 rings (SSSR count). The molecule has 2 atom stereocenters. The number of carbonyl (C=O) groups excluding carboxylic acids is 2. The fraction of sp³-hybridized carbons (Fsp3) is 0.429. The minimum Gasteiger partial charge on any atom is -0.477 e. The Labute approximate surface area is 169 Å². The number of nitrogens with zero attached hydrogens (tertiary/aromatic N) is 4. The molecule has 0 saturated carbocycles. The van der Waals surface area contributed by atoms with Gasteiger partial charge in [0.05, 0.1) is 19.6 Å². The Morgan fingerprint density at radius 3 is 2.62 bits per heavy atom. The van der Waals surface area contributed by atoms with Crippen molar-refractivity contribution in [3.8, 4) is 11.8 Å². The fourth-order valence-electron chi connectivity index (χ4n) is 3.91. The standard InChI is InChI=1S/C21H24N4O4/c1-28-19-20(23-10-9-22-19)29-17-8-5-11-24(14-17)21(27)15-12-18(26)25(13-15)16-6-3-2-4-7-16/h2-4,6-7,9-10,15,17H,5,8,11-14H2,1H3. The van der Waals surface area contributed by atoms with Crippen LogP contribution in [0.3, 0.4) is 0 Å². The van der Waals surface area contributed by atoms with Crippen molar-refractivity contribution in [2.24, 2.45) is 5.92 Å². The highest BCUT2D eigenvalue weighted by atomic mass is 16.5. The van der Waals surface area contributed by atoms with Gasteiger partial charge in [-0.25, -0.2) is 9.97 Å². The third kappa shape index (κ3) is 4.16. The van der Waals surface area contributed by atoms with Crippen LogP contribution < -0.4 is 14.4 Å². The average molecular weight is 396 g/mol. The SMILES string of the molecule is COc1nccnc1OC1CCCN(C(=O)C2CC(=O)N(c3ccccc3)C2)C1. The lowest BCUT2D eigenvalue weighted by molar-refractivity contribution is -0.138. The molecule has 2 aliphatic rings. The molecule has 0 N–H and O–H groups in total. The van der Waals surface area contributed by atoms with E-state index in [2.05, 4.69) is 9.97 Å². The van der Waals surface area contributed by atoms with E-state index in [1.54, 1.807) is 11.1 Å². The van der Waals surface area contributed by atoms with Gasteiger partial charge in [0, 0.05) is 37.6 Å². The van der Waals surface area contributed by atoms with E-state index in [-0.39, 0.29) is 30.3 Å². The van der Waals surface area contributed by atoms with E-state index in [4.69, 9.17) is 9.47 Å². The molecule has 0 bridgehead atoms. The number of aromatic nitrogens is 2. The second-order valence-corrected chi connectivity index (χ2v) is 7.28. The molecular weight excluding hydrogens is 372 g/mol. The lowest BCUT2D eigenvalue weighted by atomic mass is 10.0. The zero-order valence-corrected chi connectivity index (χ0v) is 16.4. The minimum atomic E-state index is -0.326. The molecule has 2 unspecified atom stereocenters. The van der Waals surface area contributed by atoms with E-state index < -0.39 is 0 Å². The van der Waals surface area contributed by atoms with E-state index >= 15 is 0 Å². The van der Waals surface area contributed by atoms with Gasteiger partial charge in [0.15, 0.2) is 0 Å². The van der Waals surface area contributed by atoms with E-state index in [0.717, 1.165) is 18.5 Å². The summed E-state index contributed by atoms with van der Waals surface area (Å²) in [5.41, 5.74) is 0.836. The summed E-state index contributed by atoms with van der Waals surface area (Å²) in [5, 5.41) is 0. The van der Waals surface area contributed by atoms with Gasteiger partial charge in [-0.2, -0.15) is 0 Å². The van der Waals surface area contributed by atoms with Crippen LogP contribution in [-0.2, 0) is 9.59 Å². The third-order valence-corrected chi connectivity index (χ3v) is 5.34. The van der Waals surface area contributed by atoms with Gasteiger partial charge in [-0.05, 0) is 25.0 Å². The molecule has 1 aromatic carbocycles. The number of benzene rings is 1. The Kier molecular flexibility index (Phi) is 5.59. The highest BCUT2D eigenvalue weighted by molar-refractivity contribution is 6.00. The number of para-hydroxylation sites is 1. The Morgan fingerprint density at radius 1 is 1.10 bits per heavy atom. The van der Waals surface area contributed by atoms with Crippen LogP contribution in [0.25, 0.3) is 0 Å². The van der Waals surface area contributed by atoms with Crippen LogP contribution in [-0.4, -0.2) is 59.5 Å². The van der Waals surface area contributed by atoms with Gasteiger partial charge in [0.1, 0.15) is 6.10 Å². The molecule has 0 radical (unpaired) electrons. The molecule has 2 aliphatic heterocycles. The topological polar surface area (TPSA) is 84.9 Å². The molecule has 29 heavy (non-hydrogen) atoms. The first kappa shape index (κ1) is 19.2. The number of piperidine rings is 1. The number of hydrogen-bond donors (Lipinski definition) is 0. The van der Waals surface area contributed by atoms with Crippen molar-refractivity contribution < 1.29 is 19.1 Å². The maximum atomic E-state index is 13.1. The van der Waals surface area contributed by atoms with E-state index in [9.17, 15) is 9.59 Å². The van der Waals surface area contributed by atoms with Crippen molar-refractivity contribution in [2.75, 3.05) is 31.6 Å². The van der Waals surface area contributed by atoms with E-state index in [0.29, 0.717) is 31.4 Å². The number of rotatable bonds is 5. The summed E-state index contributed by atoms with van der Waals surface area (Å²) < 4.78 is 11.1. The van der Waals surface area contributed by atoms with Crippen molar-refractivity contribution in [3.63, 3.8) is 0 Å². The molecule has 0 spiro atoms. The average Bonchev–Trinajstić information content (AvgIpc) is 3.16. The first-order valence-corrected chi connectivity index (χ1v) is 9.81. The van der Waals surface area contributed by atoms with E-state index in [1.165, 1.54) is 13.3 Å².